The zero-order chi connectivity index (χ0) is 11.0. The van der Waals surface area contributed by atoms with Crippen molar-refractivity contribution in [1.29, 1.82) is 0 Å². The summed E-state index contributed by atoms with van der Waals surface area (Å²) in [7, 11) is 0. The van der Waals surface area contributed by atoms with Gasteiger partial charge in [0.15, 0.2) is 0 Å². The fourth-order valence-electron chi connectivity index (χ4n) is 1.97. The average molecular weight is 320 g/mol. The second kappa shape index (κ2) is 4.53. The molecule has 1 saturated carbocycles. The molecule has 4 atom stereocenters. The first-order valence-electron chi connectivity index (χ1n) is 4.57. The Hall–Kier alpha value is 1.09. The number of allylic oxidation sites excluding steroid dienone is 1. The lowest BCUT2D eigenvalue weighted by Crippen LogP contribution is -2.46. The van der Waals surface area contributed by atoms with Crippen molar-refractivity contribution in [2.45, 2.75) is 41.8 Å². The molecule has 0 aliphatic heterocycles. The first-order valence-corrected chi connectivity index (χ1v) is 6.73. The van der Waals surface area contributed by atoms with E-state index >= 15 is 0 Å². The molecule has 0 N–H and O–H groups in total. The predicted molar refractivity (Wildman–Crippen MR) is 68.9 cm³/mol. The predicted octanol–water partition coefficient (Wildman–Crippen LogP) is 4.91. The van der Waals surface area contributed by atoms with Crippen LogP contribution in [0, 0.1) is 5.41 Å². The van der Waals surface area contributed by atoms with E-state index in [2.05, 4.69) is 22.9 Å². The van der Waals surface area contributed by atoms with Gasteiger partial charge in [-0.15, -0.1) is 23.2 Å². The van der Waals surface area contributed by atoms with Gasteiger partial charge in [0.2, 0.25) is 0 Å². The van der Waals surface area contributed by atoms with Gasteiger partial charge in [-0.25, -0.2) is 0 Å². The maximum absolute atomic E-state index is 6.43. The van der Waals surface area contributed by atoms with Gasteiger partial charge in [-0.2, -0.15) is 0 Å². The molecule has 0 nitrogen and oxygen atoms in total. The van der Waals surface area contributed by atoms with Gasteiger partial charge in [-0.1, -0.05) is 40.5 Å². The van der Waals surface area contributed by atoms with Gasteiger partial charge in [-0.05, 0) is 19.8 Å². The van der Waals surface area contributed by atoms with Crippen molar-refractivity contribution in [2.24, 2.45) is 5.41 Å². The molecule has 82 valence electrons. The number of alkyl halides is 3. The van der Waals surface area contributed by atoms with Crippen molar-refractivity contribution < 1.29 is 0 Å². The second-order valence-corrected chi connectivity index (χ2v) is 7.17. The fraction of sp³-hybridized carbons (Fsp3) is 0.800. The molecule has 0 heterocycles. The number of rotatable bonds is 1. The van der Waals surface area contributed by atoms with Crippen LogP contribution in [0.15, 0.2) is 11.6 Å². The summed E-state index contributed by atoms with van der Waals surface area (Å²) in [6.45, 7) is 4.14. The van der Waals surface area contributed by atoms with Crippen molar-refractivity contribution >= 4 is 50.7 Å². The Morgan fingerprint density at radius 1 is 1.43 bits per heavy atom. The Balaban J connectivity index is 2.89. The van der Waals surface area contributed by atoms with Crippen LogP contribution in [0.1, 0.15) is 26.7 Å². The van der Waals surface area contributed by atoms with Crippen molar-refractivity contribution in [3.05, 3.63) is 11.6 Å². The van der Waals surface area contributed by atoms with E-state index in [1.165, 1.54) is 5.54 Å². The highest BCUT2D eigenvalue weighted by atomic mass is 79.9. The lowest BCUT2D eigenvalue weighted by Gasteiger charge is -2.45. The molecular formula is C10H14BrCl3. The van der Waals surface area contributed by atoms with E-state index in [-0.39, 0.29) is 20.5 Å². The molecule has 0 aromatic carbocycles. The summed E-state index contributed by atoms with van der Waals surface area (Å²) < 4.78 is 0. The van der Waals surface area contributed by atoms with Crippen LogP contribution in [0.3, 0.4) is 0 Å². The van der Waals surface area contributed by atoms with E-state index in [9.17, 15) is 0 Å². The van der Waals surface area contributed by atoms with Gasteiger partial charge in [0.05, 0.1) is 4.87 Å². The molecular weight excluding hydrogens is 306 g/mol. The smallest absolute Gasteiger partial charge is 0.0552 e. The van der Waals surface area contributed by atoms with Crippen molar-refractivity contribution in [3.8, 4) is 0 Å². The molecule has 4 unspecified atom stereocenters. The Labute approximate surface area is 109 Å². The molecule has 0 bridgehead atoms. The van der Waals surface area contributed by atoms with Crippen LogP contribution in [-0.4, -0.2) is 15.1 Å². The standard InChI is InChI=1S/C10H14BrCl3/c1-9(3-4-12)6-10(2,14)7(11)5-8(9)13/h3-4,7-8H,5-6H2,1-2H3. The minimum absolute atomic E-state index is 0.0775. The topological polar surface area (TPSA) is 0 Å². The minimum Gasteiger partial charge on any atom is -0.122 e. The van der Waals surface area contributed by atoms with Crippen LogP contribution >= 0.6 is 50.7 Å². The zero-order valence-electron chi connectivity index (χ0n) is 8.24. The summed E-state index contributed by atoms with van der Waals surface area (Å²) in [6.07, 6.45) is 3.64. The highest BCUT2D eigenvalue weighted by Crippen LogP contribution is 2.50. The Morgan fingerprint density at radius 2 is 2.00 bits per heavy atom. The first kappa shape index (κ1) is 13.2. The molecule has 0 radical (unpaired) electrons. The van der Waals surface area contributed by atoms with Gasteiger partial charge in [0.25, 0.3) is 0 Å². The lowest BCUT2D eigenvalue weighted by molar-refractivity contribution is 0.258. The Morgan fingerprint density at radius 3 is 2.50 bits per heavy atom. The minimum atomic E-state index is -0.253. The van der Waals surface area contributed by atoms with E-state index in [0.29, 0.717) is 0 Å². The normalized spacial score (nSPS) is 49.9. The summed E-state index contributed by atoms with van der Waals surface area (Å²) in [5, 5.41) is 0.0775. The zero-order valence-corrected chi connectivity index (χ0v) is 12.1. The lowest BCUT2D eigenvalue weighted by atomic mass is 9.70. The van der Waals surface area contributed by atoms with Crippen LogP contribution in [0.4, 0.5) is 0 Å². The molecule has 0 aromatic rings. The Bertz CT molecular complexity index is 240. The third-order valence-electron chi connectivity index (χ3n) is 2.95. The van der Waals surface area contributed by atoms with Gasteiger partial charge < -0.3 is 0 Å². The molecule has 0 amide bonds. The first-order chi connectivity index (χ1) is 6.32. The van der Waals surface area contributed by atoms with Crippen LogP contribution in [0.25, 0.3) is 0 Å². The molecule has 0 spiro atoms. The van der Waals surface area contributed by atoms with Gasteiger partial charge >= 0.3 is 0 Å². The number of halogens is 4. The highest BCUT2D eigenvalue weighted by molar-refractivity contribution is 9.09. The van der Waals surface area contributed by atoms with E-state index < -0.39 is 0 Å². The van der Waals surface area contributed by atoms with Crippen LogP contribution in [0.2, 0.25) is 0 Å². The SMILES string of the molecule is CC1(Cl)CC(C)(C=CCl)C(Cl)CC1Br. The van der Waals surface area contributed by atoms with Gasteiger partial charge in [-0.3, -0.25) is 0 Å². The van der Waals surface area contributed by atoms with Crippen LogP contribution in [0.5, 0.6) is 0 Å². The number of hydrogen-bond donors (Lipinski definition) is 0. The van der Waals surface area contributed by atoms with E-state index in [1.807, 2.05) is 13.0 Å². The molecule has 14 heavy (non-hydrogen) atoms. The monoisotopic (exact) mass is 318 g/mol. The third-order valence-corrected chi connectivity index (χ3v) is 5.80. The van der Waals surface area contributed by atoms with E-state index in [4.69, 9.17) is 34.8 Å². The summed E-state index contributed by atoms with van der Waals surface area (Å²) >= 11 is 22.0. The molecule has 1 fully saturated rings. The summed E-state index contributed by atoms with van der Waals surface area (Å²) in [4.78, 5) is 0.00672. The van der Waals surface area contributed by atoms with Crippen LogP contribution < -0.4 is 0 Å². The largest absolute Gasteiger partial charge is 0.122 e. The van der Waals surface area contributed by atoms with Crippen molar-refractivity contribution in [2.75, 3.05) is 0 Å². The molecule has 1 rings (SSSR count). The van der Waals surface area contributed by atoms with Gasteiger partial charge in [0, 0.05) is 21.2 Å². The summed E-state index contributed by atoms with van der Waals surface area (Å²) in [6, 6.07) is 0. The molecule has 0 saturated heterocycles. The fourth-order valence-corrected chi connectivity index (χ4v) is 3.71. The van der Waals surface area contributed by atoms with E-state index in [0.717, 1.165) is 12.8 Å². The maximum Gasteiger partial charge on any atom is 0.0552 e. The van der Waals surface area contributed by atoms with Crippen LogP contribution in [-0.2, 0) is 0 Å². The maximum atomic E-state index is 6.43. The molecule has 1 aliphatic rings. The number of hydrogen-bond acceptors (Lipinski definition) is 0. The third kappa shape index (κ3) is 2.61. The average Bonchev–Trinajstić information content (AvgIpc) is 2.01. The van der Waals surface area contributed by atoms with Crippen molar-refractivity contribution in [1.82, 2.24) is 0 Å². The summed E-state index contributed by atoms with van der Waals surface area (Å²) in [5.74, 6) is 0. The van der Waals surface area contributed by atoms with Crippen molar-refractivity contribution in [3.63, 3.8) is 0 Å². The summed E-state index contributed by atoms with van der Waals surface area (Å²) in [5.41, 5.74) is 1.43. The highest BCUT2D eigenvalue weighted by Gasteiger charge is 2.47. The molecule has 4 heteroatoms. The molecule has 0 aromatic heterocycles. The van der Waals surface area contributed by atoms with E-state index in [1.54, 1.807) is 0 Å². The quantitative estimate of drug-likeness (QED) is 0.602. The Kier molecular flexibility index (Phi) is 4.26. The second-order valence-electron chi connectivity index (χ2n) is 4.42. The van der Waals surface area contributed by atoms with Gasteiger partial charge in [0.1, 0.15) is 0 Å². The molecule has 1 aliphatic carbocycles.